The van der Waals surface area contributed by atoms with Crippen molar-refractivity contribution >= 4 is 27.8 Å². The number of halogens is 1. The van der Waals surface area contributed by atoms with Crippen LogP contribution in [0.5, 0.6) is 0 Å². The quantitative estimate of drug-likeness (QED) is 0.703. The summed E-state index contributed by atoms with van der Waals surface area (Å²) in [7, 11) is 2.91. The monoisotopic (exact) mass is 357 g/mol. The summed E-state index contributed by atoms with van der Waals surface area (Å²) in [6, 6.07) is 5.55. The van der Waals surface area contributed by atoms with E-state index >= 15 is 0 Å². The lowest BCUT2D eigenvalue weighted by Gasteiger charge is -2.22. The van der Waals surface area contributed by atoms with E-state index in [0.717, 1.165) is 10.0 Å². The average Bonchev–Trinajstić information content (AvgIpc) is 2.46. The zero-order valence-corrected chi connectivity index (χ0v) is 14.1. The highest BCUT2D eigenvalue weighted by Crippen LogP contribution is 2.20. The molecule has 1 amide bonds. The zero-order valence-electron chi connectivity index (χ0n) is 12.5. The maximum absolute atomic E-state index is 12.6. The van der Waals surface area contributed by atoms with Crippen molar-refractivity contribution in [2.24, 2.45) is 0 Å². The molecule has 0 saturated carbocycles. The molecule has 6 heteroatoms. The lowest BCUT2D eigenvalue weighted by atomic mass is 10.1. The first kappa shape index (κ1) is 17.7. The average molecular weight is 358 g/mol. The van der Waals surface area contributed by atoms with E-state index in [1.165, 1.54) is 7.11 Å². The number of ether oxygens (including phenoxy) is 2. The number of methoxy groups -OCH3 is 2. The van der Waals surface area contributed by atoms with Gasteiger partial charge in [-0.3, -0.25) is 9.59 Å². The number of carbonyl (C=O) groups excluding carboxylic acids is 2. The van der Waals surface area contributed by atoms with Gasteiger partial charge in [-0.05, 0) is 40.5 Å². The third-order valence-electron chi connectivity index (χ3n) is 3.02. The number of nitrogens with zero attached hydrogens (tertiary/aromatic N) is 1. The highest BCUT2D eigenvalue weighted by atomic mass is 79.9. The van der Waals surface area contributed by atoms with E-state index in [9.17, 15) is 9.59 Å². The molecule has 1 aromatic rings. The molecule has 0 aliphatic heterocycles. The van der Waals surface area contributed by atoms with Crippen molar-refractivity contribution < 1.29 is 19.1 Å². The molecule has 1 aromatic carbocycles. The van der Waals surface area contributed by atoms with Gasteiger partial charge in [0.1, 0.15) is 0 Å². The Morgan fingerprint density at radius 1 is 1.24 bits per heavy atom. The van der Waals surface area contributed by atoms with Crippen LogP contribution in [0.15, 0.2) is 22.7 Å². The van der Waals surface area contributed by atoms with Crippen LogP contribution in [0.3, 0.4) is 0 Å². The molecular formula is C15H20BrNO4. The summed E-state index contributed by atoms with van der Waals surface area (Å²) in [5.41, 5.74) is 1.64. The largest absolute Gasteiger partial charge is 0.469 e. The van der Waals surface area contributed by atoms with E-state index in [2.05, 4.69) is 20.7 Å². The van der Waals surface area contributed by atoms with E-state index in [1.54, 1.807) is 18.1 Å². The minimum atomic E-state index is -0.340. The molecule has 0 aliphatic rings. The third-order valence-corrected chi connectivity index (χ3v) is 3.68. The molecule has 0 aromatic heterocycles. The zero-order chi connectivity index (χ0) is 15.8. The van der Waals surface area contributed by atoms with E-state index in [1.807, 2.05) is 19.1 Å². The van der Waals surface area contributed by atoms with Crippen LogP contribution in [0.2, 0.25) is 0 Å². The molecule has 0 aliphatic carbocycles. The summed E-state index contributed by atoms with van der Waals surface area (Å²) >= 11 is 3.41. The second-order valence-electron chi connectivity index (χ2n) is 4.59. The Morgan fingerprint density at radius 2 is 1.95 bits per heavy atom. The molecule has 0 bridgehead atoms. The Bertz CT molecular complexity index is 504. The van der Waals surface area contributed by atoms with Crippen molar-refractivity contribution in [1.82, 2.24) is 4.90 Å². The van der Waals surface area contributed by atoms with E-state index in [4.69, 9.17) is 4.74 Å². The van der Waals surface area contributed by atoms with Gasteiger partial charge in [0.05, 0.1) is 25.7 Å². The van der Waals surface area contributed by atoms with Gasteiger partial charge in [0.15, 0.2) is 0 Å². The van der Waals surface area contributed by atoms with Crippen molar-refractivity contribution in [2.75, 3.05) is 33.9 Å². The molecule has 0 spiro atoms. The number of esters is 1. The summed E-state index contributed by atoms with van der Waals surface area (Å²) in [5.74, 6) is -0.476. The summed E-state index contributed by atoms with van der Waals surface area (Å²) in [5, 5.41) is 0. The second kappa shape index (κ2) is 8.79. The third kappa shape index (κ3) is 5.47. The number of hydrogen-bond acceptors (Lipinski definition) is 4. The molecule has 0 heterocycles. The molecule has 21 heavy (non-hydrogen) atoms. The molecule has 0 unspecified atom stereocenters. The lowest BCUT2D eigenvalue weighted by molar-refractivity contribution is -0.140. The fraction of sp³-hybridized carbons (Fsp3) is 0.467. The summed E-state index contributed by atoms with van der Waals surface area (Å²) in [6.45, 7) is 3.09. The van der Waals surface area contributed by atoms with Crippen LogP contribution >= 0.6 is 15.9 Å². The molecule has 0 saturated heterocycles. The van der Waals surface area contributed by atoms with Gasteiger partial charge >= 0.3 is 5.97 Å². The summed E-state index contributed by atoms with van der Waals surface area (Å²) in [6.07, 6.45) is 0.162. The second-order valence-corrected chi connectivity index (χ2v) is 5.45. The van der Waals surface area contributed by atoms with Crippen molar-refractivity contribution in [1.29, 1.82) is 0 Å². The topological polar surface area (TPSA) is 55.8 Å². The number of amides is 1. The molecule has 0 radical (unpaired) electrons. The van der Waals surface area contributed by atoms with E-state index in [-0.39, 0.29) is 18.3 Å². The standard InChI is InChI=1S/C15H20BrNO4/c1-11-4-5-12(13(16)10-11)15(19)17(8-9-20-2)7-6-14(18)21-3/h4-5,10H,6-9H2,1-3H3. The van der Waals surface area contributed by atoms with Gasteiger partial charge in [0, 0.05) is 24.7 Å². The van der Waals surface area contributed by atoms with Crippen molar-refractivity contribution in [3.63, 3.8) is 0 Å². The minimum absolute atomic E-state index is 0.136. The Kier molecular flexibility index (Phi) is 7.39. The van der Waals surface area contributed by atoms with Crippen LogP contribution in [0.25, 0.3) is 0 Å². The Hall–Kier alpha value is -1.40. The first-order valence-electron chi connectivity index (χ1n) is 6.60. The van der Waals surface area contributed by atoms with Crippen LogP contribution in [-0.4, -0.2) is 50.7 Å². The maximum atomic E-state index is 12.6. The molecule has 116 valence electrons. The van der Waals surface area contributed by atoms with Crippen molar-refractivity contribution in [3.8, 4) is 0 Å². The molecule has 5 nitrogen and oxygen atoms in total. The first-order valence-corrected chi connectivity index (χ1v) is 7.40. The van der Waals surface area contributed by atoms with Crippen molar-refractivity contribution in [3.05, 3.63) is 33.8 Å². The predicted octanol–water partition coefficient (Wildman–Crippen LogP) is 2.41. The number of aryl methyl sites for hydroxylation is 1. The molecule has 0 N–H and O–H groups in total. The summed E-state index contributed by atoms with van der Waals surface area (Å²) in [4.78, 5) is 25.4. The smallest absolute Gasteiger partial charge is 0.307 e. The molecule has 1 rings (SSSR count). The molecule has 0 atom stereocenters. The minimum Gasteiger partial charge on any atom is -0.469 e. The lowest BCUT2D eigenvalue weighted by Crippen LogP contribution is -2.36. The maximum Gasteiger partial charge on any atom is 0.307 e. The fourth-order valence-corrected chi connectivity index (χ4v) is 2.47. The highest BCUT2D eigenvalue weighted by Gasteiger charge is 2.19. The first-order chi connectivity index (χ1) is 9.99. The predicted molar refractivity (Wildman–Crippen MR) is 83.3 cm³/mol. The van der Waals surface area contributed by atoms with Gasteiger partial charge in [-0.25, -0.2) is 0 Å². The van der Waals surface area contributed by atoms with Crippen LogP contribution in [-0.2, 0) is 14.3 Å². The van der Waals surface area contributed by atoms with Crippen molar-refractivity contribution in [2.45, 2.75) is 13.3 Å². The number of rotatable bonds is 7. The van der Waals surface area contributed by atoms with Crippen LogP contribution in [0, 0.1) is 6.92 Å². The molecule has 0 fully saturated rings. The summed E-state index contributed by atoms with van der Waals surface area (Å²) < 4.78 is 10.4. The Morgan fingerprint density at radius 3 is 2.52 bits per heavy atom. The van der Waals surface area contributed by atoms with Gasteiger partial charge in [-0.15, -0.1) is 0 Å². The van der Waals surface area contributed by atoms with E-state index in [0.29, 0.717) is 25.3 Å². The van der Waals surface area contributed by atoms with Gasteiger partial charge in [-0.2, -0.15) is 0 Å². The van der Waals surface area contributed by atoms with Crippen LogP contribution < -0.4 is 0 Å². The van der Waals surface area contributed by atoms with E-state index < -0.39 is 0 Å². The normalized spacial score (nSPS) is 10.3. The SMILES string of the molecule is COCCN(CCC(=O)OC)C(=O)c1ccc(C)cc1Br. The number of benzene rings is 1. The fourth-order valence-electron chi connectivity index (χ4n) is 1.81. The van der Waals surface area contributed by atoms with Gasteiger partial charge < -0.3 is 14.4 Å². The molecular weight excluding hydrogens is 338 g/mol. The van der Waals surface area contributed by atoms with Gasteiger partial charge in [0.2, 0.25) is 0 Å². The Labute approximate surface area is 133 Å². The highest BCUT2D eigenvalue weighted by molar-refractivity contribution is 9.10. The van der Waals surface area contributed by atoms with Crippen LogP contribution in [0.1, 0.15) is 22.3 Å². The van der Waals surface area contributed by atoms with Gasteiger partial charge in [0.25, 0.3) is 5.91 Å². The van der Waals surface area contributed by atoms with Gasteiger partial charge in [-0.1, -0.05) is 6.07 Å². The number of hydrogen-bond donors (Lipinski definition) is 0. The van der Waals surface area contributed by atoms with Crippen LogP contribution in [0.4, 0.5) is 0 Å². The number of carbonyl (C=O) groups is 2. The Balaban J connectivity index is 2.85.